The zero-order valence-electron chi connectivity index (χ0n) is 25.4. The summed E-state index contributed by atoms with van der Waals surface area (Å²) in [6.07, 6.45) is 0. The summed E-state index contributed by atoms with van der Waals surface area (Å²) in [5.74, 6) is 0. The Kier molecular flexibility index (Phi) is 5.58. The van der Waals surface area contributed by atoms with E-state index in [4.69, 9.17) is 0 Å². The summed E-state index contributed by atoms with van der Waals surface area (Å²) in [5.41, 5.74) is 14.6. The first-order valence-corrected chi connectivity index (χ1v) is 15.7. The molecule has 0 amide bonds. The number of nitrogens with zero attached hydrogens (tertiary/aromatic N) is 2. The first kappa shape index (κ1) is 25.9. The van der Waals surface area contributed by atoms with E-state index in [1.165, 1.54) is 77.8 Å². The van der Waals surface area contributed by atoms with Crippen LogP contribution in [0.3, 0.4) is 0 Å². The van der Waals surface area contributed by atoms with E-state index in [-0.39, 0.29) is 5.54 Å². The number of rotatable bonds is 4. The average molecular weight is 577 g/mol. The van der Waals surface area contributed by atoms with E-state index in [0.717, 1.165) is 0 Å². The van der Waals surface area contributed by atoms with Crippen molar-refractivity contribution in [1.82, 2.24) is 9.13 Å². The first-order chi connectivity index (χ1) is 22.1. The highest BCUT2D eigenvalue weighted by atomic mass is 15.1. The van der Waals surface area contributed by atoms with Gasteiger partial charge in [0.2, 0.25) is 0 Å². The highest BCUT2D eigenvalue weighted by Crippen LogP contribution is 2.54. The molecule has 0 fully saturated rings. The predicted octanol–water partition coefficient (Wildman–Crippen LogP) is 11.3. The molecule has 0 radical (unpaired) electrons. The van der Waals surface area contributed by atoms with Crippen LogP contribution in [0.1, 0.15) is 19.4 Å². The van der Waals surface area contributed by atoms with Crippen molar-refractivity contribution in [3.63, 3.8) is 0 Å². The molecule has 0 spiro atoms. The lowest BCUT2D eigenvalue weighted by Crippen LogP contribution is -2.28. The number of aromatic nitrogens is 2. The lowest BCUT2D eigenvalue weighted by Gasteiger charge is -2.32. The van der Waals surface area contributed by atoms with E-state index in [0.29, 0.717) is 0 Å². The molecule has 45 heavy (non-hydrogen) atoms. The van der Waals surface area contributed by atoms with Gasteiger partial charge in [0.05, 0.1) is 33.6 Å². The van der Waals surface area contributed by atoms with Crippen molar-refractivity contribution in [3.8, 4) is 50.5 Å². The molecule has 2 aromatic heterocycles. The van der Waals surface area contributed by atoms with Gasteiger partial charge in [-0.2, -0.15) is 0 Å². The molecule has 3 heterocycles. The predicted molar refractivity (Wildman–Crippen MR) is 189 cm³/mol. The topological polar surface area (TPSA) is 9.86 Å². The van der Waals surface area contributed by atoms with Gasteiger partial charge in [-0.3, -0.25) is 0 Å². The molecule has 6 aromatic carbocycles. The van der Waals surface area contributed by atoms with Crippen molar-refractivity contribution in [3.05, 3.63) is 163 Å². The SMILES string of the molecule is CC1(C)c2ccccc2-n2c(-c3ccccc3)c(-c3ccccc3)c3ccc4c(-c5ccccc5)c(-c5ccccc5)n1c4c32. The number of benzene rings is 6. The Labute approximate surface area is 263 Å². The van der Waals surface area contributed by atoms with Gasteiger partial charge in [-0.25, -0.2) is 0 Å². The number of hydrogen-bond acceptors (Lipinski definition) is 0. The molecule has 1 aliphatic heterocycles. The van der Waals surface area contributed by atoms with Gasteiger partial charge in [-0.05, 0) is 42.2 Å². The highest BCUT2D eigenvalue weighted by molar-refractivity contribution is 6.20. The summed E-state index contributed by atoms with van der Waals surface area (Å²) in [6.45, 7) is 4.77. The van der Waals surface area contributed by atoms with Crippen LogP contribution in [0.15, 0.2) is 158 Å². The summed E-state index contributed by atoms with van der Waals surface area (Å²) < 4.78 is 5.22. The van der Waals surface area contributed by atoms with Gasteiger partial charge < -0.3 is 9.13 Å². The Morgan fingerprint density at radius 3 is 1.38 bits per heavy atom. The minimum Gasteiger partial charge on any atom is -0.328 e. The summed E-state index contributed by atoms with van der Waals surface area (Å²) in [5, 5.41) is 2.53. The minimum atomic E-state index is -0.360. The smallest absolute Gasteiger partial charge is 0.0786 e. The van der Waals surface area contributed by atoms with E-state index in [9.17, 15) is 0 Å². The second-order valence-electron chi connectivity index (χ2n) is 12.5. The Bertz CT molecular complexity index is 2360. The Balaban J connectivity index is 1.60. The maximum atomic E-state index is 2.65. The molecule has 0 aliphatic carbocycles. The van der Waals surface area contributed by atoms with E-state index in [1.807, 2.05) is 0 Å². The molecule has 0 atom stereocenters. The van der Waals surface area contributed by atoms with E-state index >= 15 is 0 Å². The van der Waals surface area contributed by atoms with Crippen LogP contribution in [0.4, 0.5) is 0 Å². The van der Waals surface area contributed by atoms with Crippen molar-refractivity contribution in [2.75, 3.05) is 0 Å². The summed E-state index contributed by atoms with van der Waals surface area (Å²) in [7, 11) is 0. The number of fused-ring (bicyclic) bond motifs is 2. The molecule has 0 saturated carbocycles. The Morgan fingerprint density at radius 1 is 0.400 bits per heavy atom. The van der Waals surface area contributed by atoms with Gasteiger partial charge in [0.15, 0.2) is 0 Å². The van der Waals surface area contributed by atoms with Crippen molar-refractivity contribution in [2.24, 2.45) is 0 Å². The number of para-hydroxylation sites is 1. The molecule has 2 nitrogen and oxygen atoms in total. The average Bonchev–Trinajstić information content (AvgIpc) is 3.62. The van der Waals surface area contributed by atoms with Crippen LogP contribution in [0, 0.1) is 0 Å². The quantitative estimate of drug-likeness (QED) is 0.197. The number of hydrogen-bond donors (Lipinski definition) is 0. The maximum absolute atomic E-state index is 2.65. The van der Waals surface area contributed by atoms with Crippen LogP contribution >= 0.6 is 0 Å². The monoisotopic (exact) mass is 576 g/mol. The Hall–Kier alpha value is -5.60. The third kappa shape index (κ3) is 3.63. The summed E-state index contributed by atoms with van der Waals surface area (Å²) in [4.78, 5) is 0. The van der Waals surface area contributed by atoms with Crippen molar-refractivity contribution < 1.29 is 0 Å². The Morgan fingerprint density at radius 2 is 0.822 bits per heavy atom. The van der Waals surface area contributed by atoms with E-state index in [1.54, 1.807) is 0 Å². The van der Waals surface area contributed by atoms with Crippen molar-refractivity contribution in [1.29, 1.82) is 0 Å². The van der Waals surface area contributed by atoms with Crippen LogP contribution in [-0.2, 0) is 5.54 Å². The molecule has 2 heteroatoms. The molecule has 1 aliphatic rings. The fourth-order valence-electron chi connectivity index (χ4n) is 7.78. The molecule has 0 N–H and O–H groups in total. The molecule has 8 aromatic rings. The van der Waals surface area contributed by atoms with E-state index in [2.05, 4.69) is 181 Å². The lowest BCUT2D eigenvalue weighted by molar-refractivity contribution is 0.458. The third-order valence-corrected chi connectivity index (χ3v) is 9.64. The van der Waals surface area contributed by atoms with Gasteiger partial charge in [0.25, 0.3) is 0 Å². The van der Waals surface area contributed by atoms with Crippen LogP contribution in [0.25, 0.3) is 72.3 Å². The minimum absolute atomic E-state index is 0.360. The van der Waals surface area contributed by atoms with Gasteiger partial charge in [-0.15, -0.1) is 0 Å². The van der Waals surface area contributed by atoms with Gasteiger partial charge >= 0.3 is 0 Å². The van der Waals surface area contributed by atoms with Gasteiger partial charge in [0.1, 0.15) is 0 Å². The van der Waals surface area contributed by atoms with Crippen LogP contribution in [0.5, 0.6) is 0 Å². The zero-order chi connectivity index (χ0) is 30.1. The molecule has 0 bridgehead atoms. The maximum Gasteiger partial charge on any atom is 0.0786 e. The summed E-state index contributed by atoms with van der Waals surface area (Å²) in [6, 6.07) is 57.5. The lowest BCUT2D eigenvalue weighted by atomic mass is 9.90. The van der Waals surface area contributed by atoms with Crippen LogP contribution in [0.2, 0.25) is 0 Å². The second kappa shape index (κ2) is 9.70. The van der Waals surface area contributed by atoms with E-state index < -0.39 is 0 Å². The molecular formula is C43H32N2. The highest BCUT2D eigenvalue weighted by Gasteiger charge is 2.38. The van der Waals surface area contributed by atoms with Gasteiger partial charge in [-0.1, -0.05) is 152 Å². The second-order valence-corrected chi connectivity index (χ2v) is 12.5. The standard InChI is InChI=1S/C43H32N2/c1-43(2)35-25-15-16-26-36(35)44-39(31-21-11-5-12-22-31)37(29-17-7-3-8-18-29)33-27-28-34-38(30-19-9-4-10-20-30)40(32-23-13-6-14-24-32)45(43)42(34)41(33)44/h3-28H,1-2H3. The fourth-order valence-corrected chi connectivity index (χ4v) is 7.78. The molecule has 0 unspecified atom stereocenters. The van der Waals surface area contributed by atoms with Crippen LogP contribution in [-0.4, -0.2) is 9.13 Å². The fraction of sp³-hybridized carbons (Fsp3) is 0.0698. The third-order valence-electron chi connectivity index (χ3n) is 9.64. The van der Waals surface area contributed by atoms with Crippen molar-refractivity contribution in [2.45, 2.75) is 19.4 Å². The first-order valence-electron chi connectivity index (χ1n) is 15.7. The van der Waals surface area contributed by atoms with Gasteiger partial charge in [0, 0.05) is 27.5 Å². The summed E-state index contributed by atoms with van der Waals surface area (Å²) >= 11 is 0. The molecule has 0 saturated heterocycles. The zero-order valence-corrected chi connectivity index (χ0v) is 25.4. The van der Waals surface area contributed by atoms with Crippen LogP contribution < -0.4 is 0 Å². The molecular weight excluding hydrogens is 544 g/mol. The molecule has 214 valence electrons. The van der Waals surface area contributed by atoms with Crippen molar-refractivity contribution >= 4 is 21.8 Å². The largest absolute Gasteiger partial charge is 0.328 e. The molecule has 9 rings (SSSR count). The normalized spacial score (nSPS) is 13.3.